The number of phenols is 2. The van der Waals surface area contributed by atoms with Gasteiger partial charge in [-0.2, -0.15) is 0 Å². The number of hydrogen-bond acceptors (Lipinski definition) is 9. The first-order valence-electron chi connectivity index (χ1n) is 9.17. The molecule has 12 heteroatoms. The largest absolute Gasteiger partial charge is 0.508 e. The number of halogens is 1. The normalized spacial score (nSPS) is 9.94. The summed E-state index contributed by atoms with van der Waals surface area (Å²) >= 11 is 3.32. The van der Waals surface area contributed by atoms with Crippen LogP contribution in [0.1, 0.15) is 13.0 Å². The summed E-state index contributed by atoms with van der Waals surface area (Å²) in [5, 5.41) is 47.5. The number of nitro groups is 2. The molecule has 0 aliphatic heterocycles. The molecular weight excluding hydrogens is 512 g/mol. The second-order valence-corrected chi connectivity index (χ2v) is 7.43. The topological polar surface area (TPSA) is 166 Å². The van der Waals surface area contributed by atoms with Crippen molar-refractivity contribution in [2.45, 2.75) is 14.4 Å². The van der Waals surface area contributed by atoms with Gasteiger partial charge in [-0.15, -0.1) is 10.2 Å². The summed E-state index contributed by atoms with van der Waals surface area (Å²) in [6, 6.07) is 14.6. The van der Waals surface area contributed by atoms with Gasteiger partial charge in [0, 0.05) is 22.7 Å². The maximum absolute atomic E-state index is 11.0. The number of nitrogens with zero attached hydrogens (tertiary/aromatic N) is 4. The molecule has 0 saturated carbocycles. The van der Waals surface area contributed by atoms with Crippen molar-refractivity contribution < 1.29 is 24.5 Å². The molecule has 1 aromatic heterocycles. The van der Waals surface area contributed by atoms with Gasteiger partial charge in [-0.1, -0.05) is 19.6 Å². The standard InChI is InChI=1S/C14H8BrN3O4.C7H7NO3.CH4/c15-11-6-5-8(19)7-10(11)14-17-16-13(22-14)9-3-1-2-4-12(9)18(20)21;1-5-4-6(8(10)11)2-3-7(5)9;/h1-7,19H;2-4,9H,1H3;1H4. The molecule has 0 aliphatic carbocycles. The molecule has 0 amide bonds. The minimum atomic E-state index is -0.510. The minimum absolute atomic E-state index is 0. The van der Waals surface area contributed by atoms with Gasteiger partial charge >= 0.3 is 0 Å². The number of non-ortho nitro benzene ring substituents is 1. The Morgan fingerprint density at radius 3 is 2.15 bits per heavy atom. The van der Waals surface area contributed by atoms with E-state index in [1.165, 1.54) is 42.5 Å². The van der Waals surface area contributed by atoms with E-state index in [2.05, 4.69) is 26.1 Å². The molecule has 4 aromatic rings. The Hall–Kier alpha value is -4.32. The molecule has 0 aliphatic rings. The molecule has 0 radical (unpaired) electrons. The van der Waals surface area contributed by atoms with Gasteiger partial charge in [0.05, 0.1) is 15.4 Å². The van der Waals surface area contributed by atoms with E-state index in [4.69, 9.17) is 9.52 Å². The Labute approximate surface area is 201 Å². The van der Waals surface area contributed by atoms with Gasteiger partial charge in [-0.05, 0) is 58.7 Å². The van der Waals surface area contributed by atoms with Crippen LogP contribution in [0.2, 0.25) is 0 Å². The second kappa shape index (κ2) is 11.0. The number of hydrogen-bond donors (Lipinski definition) is 2. The first-order chi connectivity index (χ1) is 15.7. The molecule has 0 bridgehead atoms. The van der Waals surface area contributed by atoms with Crippen LogP contribution in [-0.2, 0) is 0 Å². The molecule has 1 heterocycles. The number of nitro benzene ring substituents is 2. The van der Waals surface area contributed by atoms with Crippen molar-refractivity contribution in [2.75, 3.05) is 0 Å². The lowest BCUT2D eigenvalue weighted by atomic mass is 10.2. The number of aromatic nitrogens is 2. The van der Waals surface area contributed by atoms with E-state index in [9.17, 15) is 25.3 Å². The summed E-state index contributed by atoms with van der Waals surface area (Å²) in [5.41, 5.74) is 1.13. The highest BCUT2D eigenvalue weighted by Gasteiger charge is 2.20. The summed E-state index contributed by atoms with van der Waals surface area (Å²) in [7, 11) is 0. The van der Waals surface area contributed by atoms with Crippen molar-refractivity contribution in [2.24, 2.45) is 0 Å². The highest BCUT2D eigenvalue weighted by Crippen LogP contribution is 2.34. The first-order valence-corrected chi connectivity index (χ1v) is 9.97. The predicted octanol–water partition coefficient (Wildman–Crippen LogP) is 6.02. The predicted molar refractivity (Wildman–Crippen MR) is 127 cm³/mol. The van der Waals surface area contributed by atoms with Crippen LogP contribution in [0.25, 0.3) is 22.9 Å². The summed E-state index contributed by atoms with van der Waals surface area (Å²) in [4.78, 5) is 20.2. The summed E-state index contributed by atoms with van der Waals surface area (Å²) in [5.74, 6) is 0.313. The molecule has 11 nitrogen and oxygen atoms in total. The third-order valence-electron chi connectivity index (χ3n) is 4.33. The van der Waals surface area contributed by atoms with Crippen molar-refractivity contribution in [3.8, 4) is 34.4 Å². The van der Waals surface area contributed by atoms with Gasteiger partial charge < -0.3 is 14.6 Å². The maximum Gasteiger partial charge on any atom is 0.282 e. The van der Waals surface area contributed by atoms with Gasteiger partial charge in [0.25, 0.3) is 17.3 Å². The lowest BCUT2D eigenvalue weighted by molar-refractivity contribution is -0.385. The molecule has 0 atom stereocenters. The van der Waals surface area contributed by atoms with E-state index in [0.29, 0.717) is 15.6 Å². The second-order valence-electron chi connectivity index (χ2n) is 6.58. The van der Waals surface area contributed by atoms with Crippen LogP contribution >= 0.6 is 15.9 Å². The third-order valence-corrected chi connectivity index (χ3v) is 5.02. The van der Waals surface area contributed by atoms with E-state index >= 15 is 0 Å². The van der Waals surface area contributed by atoms with Crippen LogP contribution in [0, 0.1) is 27.2 Å². The zero-order valence-electron chi connectivity index (χ0n) is 16.9. The molecule has 2 N–H and O–H groups in total. The number of rotatable bonds is 4. The molecular formula is C22H19BrN4O7. The van der Waals surface area contributed by atoms with E-state index in [0.717, 1.165) is 0 Å². The van der Waals surface area contributed by atoms with Crippen LogP contribution in [-0.4, -0.2) is 30.3 Å². The first kappa shape index (κ1) is 25.9. The van der Waals surface area contributed by atoms with Crippen molar-refractivity contribution >= 4 is 27.3 Å². The summed E-state index contributed by atoms with van der Waals surface area (Å²) in [6.45, 7) is 1.61. The van der Waals surface area contributed by atoms with Gasteiger partial charge in [0.15, 0.2) is 0 Å². The smallest absolute Gasteiger partial charge is 0.282 e. The Bertz CT molecular complexity index is 1340. The van der Waals surface area contributed by atoms with E-state index < -0.39 is 9.85 Å². The van der Waals surface area contributed by atoms with Crippen LogP contribution in [0.5, 0.6) is 11.5 Å². The van der Waals surface area contributed by atoms with Crippen LogP contribution < -0.4 is 0 Å². The lowest BCUT2D eigenvalue weighted by Gasteiger charge is -2.00. The third kappa shape index (κ3) is 5.92. The SMILES string of the molecule is C.Cc1cc([N+](=O)[O-])ccc1O.O=[N+]([O-])c1ccccc1-c1nnc(-c2cc(O)ccc2Br)o1. The molecule has 0 unspecified atom stereocenters. The average Bonchev–Trinajstić information content (AvgIpc) is 3.27. The maximum atomic E-state index is 11.0. The van der Waals surface area contributed by atoms with Gasteiger partial charge in [-0.3, -0.25) is 20.2 Å². The summed E-state index contributed by atoms with van der Waals surface area (Å²) in [6.07, 6.45) is 0. The van der Waals surface area contributed by atoms with Crippen molar-refractivity contribution in [1.29, 1.82) is 0 Å². The van der Waals surface area contributed by atoms with Crippen LogP contribution in [0.15, 0.2) is 69.6 Å². The van der Waals surface area contributed by atoms with Gasteiger partial charge in [0.1, 0.15) is 17.1 Å². The van der Waals surface area contributed by atoms with Crippen molar-refractivity contribution in [1.82, 2.24) is 10.2 Å². The molecule has 0 spiro atoms. The zero-order chi connectivity index (χ0) is 24.1. The van der Waals surface area contributed by atoms with Crippen molar-refractivity contribution in [3.05, 3.63) is 90.9 Å². The van der Waals surface area contributed by atoms with Crippen LogP contribution in [0.4, 0.5) is 11.4 Å². The van der Waals surface area contributed by atoms with Crippen molar-refractivity contribution in [3.63, 3.8) is 0 Å². The zero-order valence-corrected chi connectivity index (χ0v) is 18.5. The van der Waals surface area contributed by atoms with Gasteiger partial charge in [0.2, 0.25) is 5.89 Å². The number of aromatic hydroxyl groups is 2. The highest BCUT2D eigenvalue weighted by molar-refractivity contribution is 9.10. The fraction of sp³-hybridized carbons (Fsp3) is 0.0909. The Morgan fingerprint density at radius 1 is 0.882 bits per heavy atom. The highest BCUT2D eigenvalue weighted by atomic mass is 79.9. The fourth-order valence-electron chi connectivity index (χ4n) is 2.68. The Kier molecular flexibility index (Phi) is 8.40. The van der Waals surface area contributed by atoms with E-state index in [1.54, 1.807) is 25.1 Å². The summed E-state index contributed by atoms with van der Waals surface area (Å²) < 4.78 is 6.17. The molecule has 0 fully saturated rings. The van der Waals surface area contributed by atoms with E-state index in [-0.39, 0.29) is 47.6 Å². The molecule has 3 aromatic carbocycles. The number of phenolic OH excluding ortho intramolecular Hbond substituents is 2. The van der Waals surface area contributed by atoms with E-state index in [1.807, 2.05) is 0 Å². The number of para-hydroxylation sites is 1. The monoisotopic (exact) mass is 530 g/mol. The molecule has 0 saturated heterocycles. The Morgan fingerprint density at radius 2 is 1.53 bits per heavy atom. The quantitative estimate of drug-likeness (QED) is 0.236. The molecule has 34 heavy (non-hydrogen) atoms. The minimum Gasteiger partial charge on any atom is -0.508 e. The lowest BCUT2D eigenvalue weighted by Crippen LogP contribution is -1.91. The average molecular weight is 531 g/mol. The molecule has 4 rings (SSSR count). The Balaban J connectivity index is 0.000000289. The number of benzene rings is 3. The molecule has 176 valence electrons. The fourth-order valence-corrected chi connectivity index (χ4v) is 3.10. The van der Waals surface area contributed by atoms with Crippen LogP contribution in [0.3, 0.4) is 0 Å². The van der Waals surface area contributed by atoms with Gasteiger partial charge in [-0.25, -0.2) is 0 Å². The number of aryl methyl sites for hydroxylation is 1.